The molecule has 6 N–H and O–H groups in total. The van der Waals surface area contributed by atoms with Crippen molar-refractivity contribution in [2.24, 2.45) is 11.5 Å². The first kappa shape index (κ1) is 15.8. The molecule has 0 saturated carbocycles. The van der Waals surface area contributed by atoms with Crippen LogP contribution in [0.1, 0.15) is 0 Å². The fourth-order valence-corrected chi connectivity index (χ4v) is 0. The third-order valence-corrected chi connectivity index (χ3v) is 0. The summed E-state index contributed by atoms with van der Waals surface area (Å²) in [6.45, 7) is 0. The summed E-state index contributed by atoms with van der Waals surface area (Å²) < 4.78 is 0. The Hall–Kier alpha value is 0.922. The second-order valence-electron chi connectivity index (χ2n) is 0.500. The molecule has 0 unspecified atom stereocenters. The molecule has 6 heavy (non-hydrogen) atoms. The van der Waals surface area contributed by atoms with Gasteiger partial charge in [0.1, 0.15) is 0 Å². The maximum atomic E-state index is 4.58. The largest absolute Gasteiger partial charge is 2.00 e. The molecule has 3 nitrogen and oxygen atoms in total. The van der Waals surface area contributed by atoms with Crippen LogP contribution < -0.4 is 40.9 Å². The summed E-state index contributed by atoms with van der Waals surface area (Å²) in [7, 11) is 0. The van der Waals surface area contributed by atoms with Crippen LogP contribution in [0.2, 0.25) is 0 Å². The van der Waals surface area contributed by atoms with Gasteiger partial charge in [0.05, 0.1) is 0 Å². The van der Waals surface area contributed by atoms with Crippen molar-refractivity contribution in [1.29, 1.82) is 0 Å². The topological polar surface area (TPSA) is 77.6 Å². The van der Waals surface area contributed by atoms with E-state index in [0.29, 0.717) is 0 Å². The minimum absolute atomic E-state index is 0. The molecule has 0 aliphatic rings. The van der Waals surface area contributed by atoms with Crippen molar-refractivity contribution in [3.63, 3.8) is 0 Å². The molecule has 0 aromatic rings. The van der Waals surface area contributed by atoms with Crippen molar-refractivity contribution in [2.75, 3.05) is 0 Å². The average Bonchev–Trinajstić information content (AvgIpc) is 0.811. The van der Waals surface area contributed by atoms with Gasteiger partial charge in [-0.1, -0.05) is 0 Å². The summed E-state index contributed by atoms with van der Waals surface area (Å²) in [5.41, 5.74) is 9.17. The van der Waals surface area contributed by atoms with Gasteiger partial charge in [-0.05, 0) is 0 Å². The standard InChI is InChI=1S/CH5N3.I.Pb/c2-1(3)4;;/h(H5,2,3,4);;/q;+1;+2/p+1. The van der Waals surface area contributed by atoms with Gasteiger partial charge in [-0.3, -0.25) is 16.9 Å². The SMILES string of the molecule is NC(N)=[NH2+].[I+].[Pb+2]. The molecular weight excluding hydrogens is 388 g/mol. The van der Waals surface area contributed by atoms with Crippen molar-refractivity contribution >= 4 is 33.3 Å². The van der Waals surface area contributed by atoms with Crippen LogP contribution in [0.5, 0.6) is 0 Å². The Kier molecular flexibility index (Phi) is 24.5. The van der Waals surface area contributed by atoms with Crippen LogP contribution in [-0.4, -0.2) is 33.3 Å². The number of halogens is 1. The quantitative estimate of drug-likeness (QED) is 0.166. The molecule has 0 aromatic heterocycles. The van der Waals surface area contributed by atoms with Crippen LogP contribution in [0.4, 0.5) is 0 Å². The Bertz CT molecular complexity index is 33.8. The Morgan fingerprint density at radius 3 is 1.33 bits per heavy atom. The second-order valence-corrected chi connectivity index (χ2v) is 0.500. The van der Waals surface area contributed by atoms with Crippen LogP contribution in [0.3, 0.4) is 0 Å². The van der Waals surface area contributed by atoms with Gasteiger partial charge in [0.25, 0.3) is 0 Å². The molecule has 0 spiro atoms. The van der Waals surface area contributed by atoms with E-state index in [1.807, 2.05) is 0 Å². The van der Waals surface area contributed by atoms with Gasteiger partial charge in [0, 0.05) is 0 Å². The number of guanidine groups is 1. The zero-order valence-corrected chi connectivity index (χ0v) is 9.15. The van der Waals surface area contributed by atoms with Crippen LogP contribution in [0.25, 0.3) is 0 Å². The summed E-state index contributed by atoms with van der Waals surface area (Å²) in [6, 6.07) is 0. The molecule has 0 aliphatic carbocycles. The van der Waals surface area contributed by atoms with E-state index in [1.54, 1.807) is 0 Å². The van der Waals surface area contributed by atoms with Crippen LogP contribution in [-0.2, 0) is 0 Å². The molecule has 0 bridgehead atoms. The number of rotatable bonds is 0. The molecule has 0 fully saturated rings. The van der Waals surface area contributed by atoms with Crippen molar-refractivity contribution < 1.29 is 29.4 Å². The Balaban J connectivity index is -0.0000000450. The summed E-state index contributed by atoms with van der Waals surface area (Å²) in [4.78, 5) is 0. The summed E-state index contributed by atoms with van der Waals surface area (Å²) in [5, 5.41) is 4.58. The Morgan fingerprint density at radius 1 is 1.33 bits per heavy atom. The van der Waals surface area contributed by atoms with E-state index in [-0.39, 0.29) is 57.2 Å². The monoisotopic (exact) mass is 395 g/mol. The van der Waals surface area contributed by atoms with E-state index in [1.165, 1.54) is 0 Å². The zero-order chi connectivity index (χ0) is 3.58. The van der Waals surface area contributed by atoms with E-state index in [4.69, 9.17) is 0 Å². The van der Waals surface area contributed by atoms with Crippen LogP contribution in [0.15, 0.2) is 0 Å². The van der Waals surface area contributed by atoms with E-state index >= 15 is 0 Å². The Morgan fingerprint density at radius 2 is 1.33 bits per heavy atom. The Labute approximate surface area is 73.5 Å². The third-order valence-electron chi connectivity index (χ3n) is 0. The number of hydrogen-bond acceptors (Lipinski definition) is 0. The normalized spacial score (nSPS) is 4.00. The van der Waals surface area contributed by atoms with E-state index in [9.17, 15) is 0 Å². The first-order valence-electron chi connectivity index (χ1n) is 0.866. The molecule has 0 saturated heterocycles. The molecular formula is CH6IN3Pb+4. The maximum Gasteiger partial charge on any atom is 2.00 e. The molecule has 0 aromatic carbocycles. The van der Waals surface area contributed by atoms with Gasteiger partial charge in [-0.15, -0.1) is 0 Å². The van der Waals surface area contributed by atoms with E-state index in [0.717, 1.165) is 0 Å². The molecule has 0 rings (SSSR count). The molecule has 0 atom stereocenters. The van der Waals surface area contributed by atoms with Crippen molar-refractivity contribution in [3.05, 3.63) is 0 Å². The molecule has 0 aliphatic heterocycles. The van der Waals surface area contributed by atoms with Gasteiger partial charge < -0.3 is 0 Å². The van der Waals surface area contributed by atoms with Crippen molar-refractivity contribution in [2.45, 2.75) is 0 Å². The maximum absolute atomic E-state index is 4.58. The molecule has 32 valence electrons. The smallest absolute Gasteiger partial charge is 0.291 e. The van der Waals surface area contributed by atoms with Gasteiger partial charge in [0.2, 0.25) is 0 Å². The van der Waals surface area contributed by atoms with Gasteiger partial charge in [0.15, 0.2) is 0 Å². The molecule has 0 amide bonds. The fraction of sp³-hybridized carbons (Fsp3) is 0. The van der Waals surface area contributed by atoms with E-state index in [2.05, 4.69) is 16.9 Å². The fourth-order valence-electron chi connectivity index (χ4n) is 0. The summed E-state index contributed by atoms with van der Waals surface area (Å²) in [5.74, 6) is -0.0833. The minimum atomic E-state index is -0.0833. The molecule has 0 heterocycles. The summed E-state index contributed by atoms with van der Waals surface area (Å²) >= 11 is 0. The predicted molar refractivity (Wildman–Crippen MR) is 21.1 cm³/mol. The van der Waals surface area contributed by atoms with Gasteiger partial charge in [-0.2, -0.15) is 0 Å². The number of hydrogen-bond donors (Lipinski definition) is 3. The van der Waals surface area contributed by atoms with Gasteiger partial charge in [-0.25, -0.2) is 0 Å². The minimum Gasteiger partial charge on any atom is -0.291 e. The van der Waals surface area contributed by atoms with E-state index < -0.39 is 0 Å². The first-order chi connectivity index (χ1) is 1.73. The molecule has 4 radical (unpaired) electrons. The first-order valence-corrected chi connectivity index (χ1v) is 0.866. The number of nitrogens with two attached hydrogens (primary N) is 3. The van der Waals surface area contributed by atoms with Gasteiger partial charge >= 0.3 is 57.2 Å². The second kappa shape index (κ2) is 9.33. The third kappa shape index (κ3) is 89.1. The predicted octanol–water partition coefficient (Wildman–Crippen LogP) is -6.36. The average molecular weight is 394 g/mol. The van der Waals surface area contributed by atoms with Crippen LogP contribution >= 0.6 is 0 Å². The van der Waals surface area contributed by atoms with Crippen LogP contribution in [0, 0.1) is 0 Å². The molecule has 5 heteroatoms. The summed E-state index contributed by atoms with van der Waals surface area (Å²) in [6.07, 6.45) is 0. The zero-order valence-electron chi connectivity index (χ0n) is 3.11. The van der Waals surface area contributed by atoms with Crippen molar-refractivity contribution in [1.82, 2.24) is 0 Å². The van der Waals surface area contributed by atoms with Crippen molar-refractivity contribution in [3.8, 4) is 0 Å².